The summed E-state index contributed by atoms with van der Waals surface area (Å²) in [5, 5.41) is 9.48. The standard InChI is InChI=1S/C18H19F3N4O2/c1-11(26)22-9-12-5-6-25-16(7-12)15(10-23-25)17(27)24-14-4-2-3-13(8-14)18(19,20)21/h2-4,8,10,12H,5-7,9H2,1H3,(H,22,26)(H,24,27)/t12-/m1/s1. The summed E-state index contributed by atoms with van der Waals surface area (Å²) in [7, 11) is 0. The summed E-state index contributed by atoms with van der Waals surface area (Å²) < 4.78 is 40.2. The second-order valence-electron chi connectivity index (χ2n) is 6.56. The van der Waals surface area contributed by atoms with Gasteiger partial charge in [0.05, 0.1) is 23.0 Å². The highest BCUT2D eigenvalue weighted by Gasteiger charge is 2.31. The van der Waals surface area contributed by atoms with Gasteiger partial charge in [-0.15, -0.1) is 0 Å². The van der Waals surface area contributed by atoms with Crippen LogP contribution in [0.2, 0.25) is 0 Å². The van der Waals surface area contributed by atoms with Crippen molar-refractivity contribution in [2.75, 3.05) is 11.9 Å². The molecule has 1 aliphatic rings. The summed E-state index contributed by atoms with van der Waals surface area (Å²) in [6, 6.07) is 4.50. The molecule has 2 heterocycles. The van der Waals surface area contributed by atoms with Crippen LogP contribution < -0.4 is 10.6 Å². The molecule has 2 aromatic rings. The van der Waals surface area contributed by atoms with E-state index >= 15 is 0 Å². The van der Waals surface area contributed by atoms with Gasteiger partial charge in [0.25, 0.3) is 5.91 Å². The lowest BCUT2D eigenvalue weighted by Crippen LogP contribution is -2.32. The van der Waals surface area contributed by atoms with Gasteiger partial charge in [-0.3, -0.25) is 14.3 Å². The van der Waals surface area contributed by atoms with E-state index in [4.69, 9.17) is 0 Å². The van der Waals surface area contributed by atoms with Crippen LogP contribution in [0.3, 0.4) is 0 Å². The van der Waals surface area contributed by atoms with Crippen LogP contribution in [0.15, 0.2) is 30.5 Å². The minimum absolute atomic E-state index is 0.0698. The van der Waals surface area contributed by atoms with E-state index in [0.717, 1.165) is 24.2 Å². The molecule has 0 saturated carbocycles. The summed E-state index contributed by atoms with van der Waals surface area (Å²) in [5.74, 6) is -0.439. The number of nitrogens with one attached hydrogen (secondary N) is 2. The Kier molecular flexibility index (Phi) is 5.20. The lowest BCUT2D eigenvalue weighted by molar-refractivity contribution is -0.137. The molecule has 0 radical (unpaired) electrons. The second-order valence-corrected chi connectivity index (χ2v) is 6.56. The number of alkyl halides is 3. The van der Waals surface area contributed by atoms with Crippen molar-refractivity contribution in [2.24, 2.45) is 5.92 Å². The van der Waals surface area contributed by atoms with Crippen molar-refractivity contribution >= 4 is 17.5 Å². The van der Waals surface area contributed by atoms with E-state index in [1.807, 2.05) is 0 Å². The molecule has 0 unspecified atom stereocenters. The quantitative estimate of drug-likeness (QED) is 0.857. The molecule has 0 spiro atoms. The van der Waals surface area contributed by atoms with Gasteiger partial charge in [-0.05, 0) is 37.0 Å². The Labute approximate surface area is 153 Å². The molecule has 0 fully saturated rings. The summed E-state index contributed by atoms with van der Waals surface area (Å²) in [4.78, 5) is 23.7. The predicted octanol–water partition coefficient (Wildman–Crippen LogP) is 2.85. The number of fused-ring (bicyclic) bond motifs is 1. The van der Waals surface area contributed by atoms with Crippen molar-refractivity contribution in [1.29, 1.82) is 0 Å². The van der Waals surface area contributed by atoms with Crippen molar-refractivity contribution < 1.29 is 22.8 Å². The first kappa shape index (κ1) is 18.9. The van der Waals surface area contributed by atoms with Gasteiger partial charge >= 0.3 is 6.18 Å². The molecule has 27 heavy (non-hydrogen) atoms. The largest absolute Gasteiger partial charge is 0.416 e. The Balaban J connectivity index is 1.74. The number of nitrogens with zero attached hydrogens (tertiary/aromatic N) is 2. The normalized spacial score (nSPS) is 16.5. The first-order chi connectivity index (χ1) is 12.7. The number of amides is 2. The molecule has 1 aromatic carbocycles. The number of aromatic nitrogens is 2. The number of aryl methyl sites for hydroxylation is 1. The molecule has 1 aliphatic heterocycles. The zero-order valence-corrected chi connectivity index (χ0v) is 14.6. The fraction of sp³-hybridized carbons (Fsp3) is 0.389. The number of rotatable bonds is 4. The minimum Gasteiger partial charge on any atom is -0.356 e. The highest BCUT2D eigenvalue weighted by molar-refractivity contribution is 6.05. The van der Waals surface area contributed by atoms with E-state index in [1.54, 1.807) is 4.68 Å². The van der Waals surface area contributed by atoms with Gasteiger partial charge in [0.2, 0.25) is 5.91 Å². The Bertz CT molecular complexity index is 861. The molecule has 1 atom stereocenters. The lowest BCUT2D eigenvalue weighted by atomic mass is 9.94. The van der Waals surface area contributed by atoms with E-state index in [1.165, 1.54) is 25.3 Å². The van der Waals surface area contributed by atoms with Crippen molar-refractivity contribution in [3.8, 4) is 0 Å². The van der Waals surface area contributed by atoms with Crippen LogP contribution in [0.1, 0.15) is 35.0 Å². The van der Waals surface area contributed by atoms with Gasteiger partial charge < -0.3 is 10.6 Å². The number of halogens is 3. The molecule has 1 aromatic heterocycles. The molecule has 2 N–H and O–H groups in total. The van der Waals surface area contributed by atoms with Crippen molar-refractivity contribution in [3.05, 3.63) is 47.3 Å². The summed E-state index contributed by atoms with van der Waals surface area (Å²) in [5.41, 5.74) is 0.300. The fourth-order valence-electron chi connectivity index (χ4n) is 3.12. The zero-order chi connectivity index (χ0) is 19.6. The topological polar surface area (TPSA) is 76.0 Å². The highest BCUT2D eigenvalue weighted by Crippen LogP contribution is 2.31. The third-order valence-electron chi connectivity index (χ3n) is 4.51. The average molecular weight is 380 g/mol. The molecular weight excluding hydrogens is 361 g/mol. The fourth-order valence-corrected chi connectivity index (χ4v) is 3.12. The van der Waals surface area contributed by atoms with E-state index in [9.17, 15) is 22.8 Å². The van der Waals surface area contributed by atoms with Crippen molar-refractivity contribution in [3.63, 3.8) is 0 Å². The molecule has 3 rings (SSSR count). The number of carbonyl (C=O) groups excluding carboxylic acids is 2. The number of carbonyl (C=O) groups is 2. The molecule has 0 aliphatic carbocycles. The monoisotopic (exact) mass is 380 g/mol. The van der Waals surface area contributed by atoms with E-state index in [-0.39, 0.29) is 17.5 Å². The Morgan fingerprint density at radius 2 is 2.11 bits per heavy atom. The van der Waals surface area contributed by atoms with Crippen LogP contribution in [-0.2, 0) is 23.9 Å². The van der Waals surface area contributed by atoms with Crippen LogP contribution >= 0.6 is 0 Å². The van der Waals surface area contributed by atoms with Crippen LogP contribution in [0, 0.1) is 5.92 Å². The minimum atomic E-state index is -4.48. The Morgan fingerprint density at radius 1 is 1.33 bits per heavy atom. The molecule has 0 bridgehead atoms. The molecule has 9 heteroatoms. The van der Waals surface area contributed by atoms with E-state index in [2.05, 4.69) is 15.7 Å². The van der Waals surface area contributed by atoms with Gasteiger partial charge in [-0.2, -0.15) is 18.3 Å². The summed E-state index contributed by atoms with van der Waals surface area (Å²) >= 11 is 0. The molecule has 6 nitrogen and oxygen atoms in total. The molecule has 144 valence electrons. The third kappa shape index (κ3) is 4.47. The van der Waals surface area contributed by atoms with Crippen LogP contribution in [0.25, 0.3) is 0 Å². The van der Waals surface area contributed by atoms with Gasteiger partial charge in [0.1, 0.15) is 0 Å². The first-order valence-corrected chi connectivity index (χ1v) is 8.52. The zero-order valence-electron chi connectivity index (χ0n) is 14.6. The first-order valence-electron chi connectivity index (χ1n) is 8.52. The van der Waals surface area contributed by atoms with Gasteiger partial charge in [-0.1, -0.05) is 6.07 Å². The average Bonchev–Trinajstić information content (AvgIpc) is 3.02. The van der Waals surface area contributed by atoms with Crippen LogP contribution in [-0.4, -0.2) is 28.1 Å². The third-order valence-corrected chi connectivity index (χ3v) is 4.51. The van der Waals surface area contributed by atoms with Crippen LogP contribution in [0.4, 0.5) is 18.9 Å². The smallest absolute Gasteiger partial charge is 0.356 e. The van der Waals surface area contributed by atoms with Gasteiger partial charge in [0.15, 0.2) is 0 Å². The molecular formula is C18H19F3N4O2. The lowest BCUT2D eigenvalue weighted by Gasteiger charge is -2.24. The number of benzene rings is 1. The maximum atomic E-state index is 12.8. The molecule has 0 saturated heterocycles. The highest BCUT2D eigenvalue weighted by atomic mass is 19.4. The van der Waals surface area contributed by atoms with Crippen molar-refractivity contribution in [1.82, 2.24) is 15.1 Å². The maximum Gasteiger partial charge on any atom is 0.416 e. The second kappa shape index (κ2) is 7.42. The summed E-state index contributed by atoms with van der Waals surface area (Å²) in [6.07, 6.45) is -1.66. The number of anilines is 1. The van der Waals surface area contributed by atoms with Gasteiger partial charge in [0, 0.05) is 25.7 Å². The van der Waals surface area contributed by atoms with E-state index < -0.39 is 17.6 Å². The van der Waals surface area contributed by atoms with E-state index in [0.29, 0.717) is 25.1 Å². The Morgan fingerprint density at radius 3 is 2.81 bits per heavy atom. The maximum absolute atomic E-state index is 12.8. The predicted molar refractivity (Wildman–Crippen MR) is 92.1 cm³/mol. The molecule has 2 amide bonds. The number of hydrogen-bond donors (Lipinski definition) is 2. The Hall–Kier alpha value is -2.84. The SMILES string of the molecule is CC(=O)NC[C@@H]1CCn2ncc(C(=O)Nc3cccc(C(F)(F)F)c3)c2C1. The summed E-state index contributed by atoms with van der Waals surface area (Å²) in [6.45, 7) is 2.58. The van der Waals surface area contributed by atoms with Crippen LogP contribution in [0.5, 0.6) is 0 Å². The van der Waals surface area contributed by atoms with Gasteiger partial charge in [-0.25, -0.2) is 0 Å². The van der Waals surface area contributed by atoms with Crippen molar-refractivity contribution in [2.45, 2.75) is 32.5 Å². The number of hydrogen-bond acceptors (Lipinski definition) is 3.